The van der Waals surface area contributed by atoms with Crippen LogP contribution in [0.2, 0.25) is 0 Å². The molecule has 4 aromatic rings. The summed E-state index contributed by atoms with van der Waals surface area (Å²) in [6, 6.07) is 23.6. The number of benzene rings is 3. The van der Waals surface area contributed by atoms with Crippen molar-refractivity contribution in [3.63, 3.8) is 0 Å². The van der Waals surface area contributed by atoms with E-state index in [0.29, 0.717) is 12.0 Å². The Bertz CT molecular complexity index is 1260. The van der Waals surface area contributed by atoms with E-state index in [0.717, 1.165) is 22.4 Å². The van der Waals surface area contributed by atoms with E-state index in [-0.39, 0.29) is 18.1 Å². The van der Waals surface area contributed by atoms with Gasteiger partial charge >= 0.3 is 0 Å². The molecule has 0 fully saturated rings. The fourth-order valence-corrected chi connectivity index (χ4v) is 3.29. The average Bonchev–Trinajstić information content (AvgIpc) is 3.11. The van der Waals surface area contributed by atoms with Gasteiger partial charge in [0.05, 0.1) is 22.2 Å². The van der Waals surface area contributed by atoms with E-state index < -0.39 is 4.92 Å². The van der Waals surface area contributed by atoms with Crippen LogP contribution in [0.5, 0.6) is 0 Å². The molecule has 1 aromatic heterocycles. The van der Waals surface area contributed by atoms with Crippen molar-refractivity contribution in [2.45, 2.75) is 13.0 Å². The number of hydrogen-bond acceptors (Lipinski definition) is 5. The quantitative estimate of drug-likeness (QED) is 0.284. The van der Waals surface area contributed by atoms with Crippen molar-refractivity contribution in [2.24, 2.45) is 5.10 Å². The first kappa shape index (κ1) is 20.0. The molecule has 0 aliphatic rings. The Morgan fingerprint density at radius 3 is 2.65 bits per heavy atom. The fraction of sp³-hybridized carbons (Fsp3) is 0.0870. The van der Waals surface area contributed by atoms with Gasteiger partial charge in [0.25, 0.3) is 11.6 Å². The van der Waals surface area contributed by atoms with Crippen molar-refractivity contribution in [1.29, 1.82) is 0 Å². The molecule has 31 heavy (non-hydrogen) atoms. The SMILES string of the molecule is O=C(Cn1c(Cc2ccccc2)nc2ccccc21)N/N=C/c1cccc([N+](=O)[O-])c1. The van der Waals surface area contributed by atoms with Gasteiger partial charge in [0.1, 0.15) is 12.4 Å². The smallest absolute Gasteiger partial charge is 0.270 e. The lowest BCUT2D eigenvalue weighted by Crippen LogP contribution is -2.24. The number of rotatable bonds is 7. The van der Waals surface area contributed by atoms with Gasteiger partial charge in [0, 0.05) is 24.1 Å². The Morgan fingerprint density at radius 1 is 1.06 bits per heavy atom. The van der Waals surface area contributed by atoms with Gasteiger partial charge in [-0.1, -0.05) is 54.6 Å². The topological polar surface area (TPSA) is 102 Å². The number of nitro benzene ring substituents is 1. The number of nitro groups is 1. The first-order valence-corrected chi connectivity index (χ1v) is 9.64. The maximum absolute atomic E-state index is 12.5. The van der Waals surface area contributed by atoms with Gasteiger partial charge in [-0.25, -0.2) is 10.4 Å². The number of non-ortho nitro benzene ring substituents is 1. The normalized spacial score (nSPS) is 11.1. The molecule has 8 heteroatoms. The third kappa shape index (κ3) is 4.81. The van der Waals surface area contributed by atoms with Crippen molar-refractivity contribution in [2.75, 3.05) is 0 Å². The molecule has 0 spiro atoms. The number of hydrazone groups is 1. The second-order valence-electron chi connectivity index (χ2n) is 6.91. The van der Waals surface area contributed by atoms with Gasteiger partial charge in [0.2, 0.25) is 0 Å². The van der Waals surface area contributed by atoms with E-state index >= 15 is 0 Å². The van der Waals surface area contributed by atoms with Gasteiger partial charge < -0.3 is 4.57 Å². The Labute approximate surface area is 178 Å². The molecule has 0 saturated carbocycles. The van der Waals surface area contributed by atoms with Crippen LogP contribution in [0.25, 0.3) is 11.0 Å². The zero-order chi connectivity index (χ0) is 21.6. The molecule has 0 radical (unpaired) electrons. The molecule has 0 aliphatic heterocycles. The highest BCUT2D eigenvalue weighted by Gasteiger charge is 2.14. The summed E-state index contributed by atoms with van der Waals surface area (Å²) in [4.78, 5) is 27.6. The van der Waals surface area contributed by atoms with Crippen LogP contribution in [0, 0.1) is 10.1 Å². The first-order valence-electron chi connectivity index (χ1n) is 9.64. The monoisotopic (exact) mass is 413 g/mol. The van der Waals surface area contributed by atoms with Crippen molar-refractivity contribution in [3.05, 3.63) is 106 Å². The number of aromatic nitrogens is 2. The van der Waals surface area contributed by atoms with Crippen LogP contribution in [0.15, 0.2) is 84.0 Å². The molecular formula is C23H19N5O3. The Hall–Kier alpha value is -4.33. The molecule has 0 saturated heterocycles. The Kier molecular flexibility index (Phi) is 5.79. The summed E-state index contributed by atoms with van der Waals surface area (Å²) < 4.78 is 1.88. The summed E-state index contributed by atoms with van der Waals surface area (Å²) in [5, 5.41) is 14.8. The molecule has 0 atom stereocenters. The van der Waals surface area contributed by atoms with Gasteiger partial charge in [-0.2, -0.15) is 5.10 Å². The number of nitrogens with zero attached hydrogens (tertiary/aromatic N) is 4. The average molecular weight is 413 g/mol. The Balaban J connectivity index is 1.51. The van der Waals surface area contributed by atoms with Crippen LogP contribution >= 0.6 is 0 Å². The van der Waals surface area contributed by atoms with E-state index in [1.54, 1.807) is 12.1 Å². The molecule has 1 amide bonds. The molecule has 1 heterocycles. The molecule has 0 bridgehead atoms. The fourth-order valence-electron chi connectivity index (χ4n) is 3.29. The van der Waals surface area contributed by atoms with Crippen LogP contribution in [0.4, 0.5) is 5.69 Å². The zero-order valence-electron chi connectivity index (χ0n) is 16.5. The molecule has 154 valence electrons. The molecule has 8 nitrogen and oxygen atoms in total. The van der Waals surface area contributed by atoms with Crippen molar-refractivity contribution >= 4 is 28.8 Å². The van der Waals surface area contributed by atoms with Crippen molar-refractivity contribution < 1.29 is 9.72 Å². The first-order chi connectivity index (χ1) is 15.1. The summed E-state index contributed by atoms with van der Waals surface area (Å²) in [7, 11) is 0. The minimum absolute atomic E-state index is 0.0364. The second kappa shape index (κ2) is 9.00. The largest absolute Gasteiger partial charge is 0.318 e. The minimum atomic E-state index is -0.478. The lowest BCUT2D eigenvalue weighted by atomic mass is 10.1. The van der Waals surface area contributed by atoms with E-state index in [9.17, 15) is 14.9 Å². The highest BCUT2D eigenvalue weighted by atomic mass is 16.6. The zero-order valence-corrected chi connectivity index (χ0v) is 16.5. The lowest BCUT2D eigenvalue weighted by Gasteiger charge is -2.08. The number of carbonyl (C=O) groups excluding carboxylic acids is 1. The summed E-state index contributed by atoms with van der Waals surface area (Å²) in [5.41, 5.74) is 5.76. The van der Waals surface area contributed by atoms with Crippen molar-refractivity contribution in [3.8, 4) is 0 Å². The molecule has 4 rings (SSSR count). The molecule has 1 N–H and O–H groups in total. The van der Waals surface area contributed by atoms with Crippen LogP contribution in [-0.2, 0) is 17.8 Å². The van der Waals surface area contributed by atoms with Gasteiger partial charge in [0.15, 0.2) is 0 Å². The lowest BCUT2D eigenvalue weighted by molar-refractivity contribution is -0.384. The van der Waals surface area contributed by atoms with Crippen LogP contribution < -0.4 is 5.43 Å². The molecule has 0 unspecified atom stereocenters. The van der Waals surface area contributed by atoms with E-state index in [2.05, 4.69) is 10.5 Å². The third-order valence-electron chi connectivity index (χ3n) is 4.72. The van der Waals surface area contributed by atoms with Crippen LogP contribution in [-0.4, -0.2) is 26.6 Å². The number of para-hydroxylation sites is 2. The summed E-state index contributed by atoms with van der Waals surface area (Å²) >= 11 is 0. The van der Waals surface area contributed by atoms with E-state index in [1.165, 1.54) is 18.3 Å². The van der Waals surface area contributed by atoms with Gasteiger partial charge in [-0.05, 0) is 17.7 Å². The van der Waals surface area contributed by atoms with Crippen molar-refractivity contribution in [1.82, 2.24) is 15.0 Å². The number of carbonyl (C=O) groups is 1. The summed E-state index contributed by atoms with van der Waals surface area (Å²) in [5.74, 6) is 0.462. The van der Waals surface area contributed by atoms with E-state index in [4.69, 9.17) is 4.98 Å². The minimum Gasteiger partial charge on any atom is -0.318 e. The third-order valence-corrected chi connectivity index (χ3v) is 4.72. The van der Waals surface area contributed by atoms with E-state index in [1.807, 2.05) is 59.2 Å². The van der Waals surface area contributed by atoms with Gasteiger partial charge in [-0.3, -0.25) is 14.9 Å². The number of hydrogen-bond donors (Lipinski definition) is 1. The van der Waals surface area contributed by atoms with Crippen LogP contribution in [0.1, 0.15) is 17.0 Å². The predicted molar refractivity (Wildman–Crippen MR) is 118 cm³/mol. The maximum Gasteiger partial charge on any atom is 0.270 e. The number of imidazole rings is 1. The van der Waals surface area contributed by atoms with Crippen LogP contribution in [0.3, 0.4) is 0 Å². The predicted octanol–water partition coefficient (Wildman–Crippen LogP) is 3.69. The number of amides is 1. The molecule has 3 aromatic carbocycles. The second-order valence-corrected chi connectivity index (χ2v) is 6.91. The number of fused-ring (bicyclic) bond motifs is 1. The highest BCUT2D eigenvalue weighted by molar-refractivity contribution is 5.84. The molecule has 0 aliphatic carbocycles. The number of nitrogens with one attached hydrogen (secondary N) is 1. The standard InChI is InChI=1S/C23H19N5O3/c29-23(26-24-15-18-9-6-10-19(13-18)28(30)31)16-27-21-12-5-4-11-20(21)25-22(27)14-17-7-2-1-3-8-17/h1-13,15H,14,16H2,(H,26,29)/b24-15+. The Morgan fingerprint density at radius 2 is 1.84 bits per heavy atom. The van der Waals surface area contributed by atoms with Gasteiger partial charge in [-0.15, -0.1) is 0 Å². The highest BCUT2D eigenvalue weighted by Crippen LogP contribution is 2.18. The maximum atomic E-state index is 12.5. The summed E-state index contributed by atoms with van der Waals surface area (Å²) in [6.07, 6.45) is 1.97. The molecular weight excluding hydrogens is 394 g/mol. The summed E-state index contributed by atoms with van der Waals surface area (Å²) in [6.45, 7) is 0.0506.